The third-order valence-electron chi connectivity index (χ3n) is 2.32. The number of nitrogens with zero attached hydrogens (tertiary/aromatic N) is 3. The van der Waals surface area contributed by atoms with Crippen molar-refractivity contribution in [1.82, 2.24) is 14.8 Å². The van der Waals surface area contributed by atoms with Gasteiger partial charge >= 0.3 is 0 Å². The van der Waals surface area contributed by atoms with Crippen LogP contribution in [0.4, 0.5) is 0 Å². The summed E-state index contributed by atoms with van der Waals surface area (Å²) in [5, 5.41) is 4.14. The van der Waals surface area contributed by atoms with E-state index in [-0.39, 0.29) is 6.04 Å². The Balaban J connectivity index is 2.43. The summed E-state index contributed by atoms with van der Waals surface area (Å²) in [5.41, 5.74) is 8.05. The predicted molar refractivity (Wildman–Crippen MR) is 68.9 cm³/mol. The Labute approximate surface area is 110 Å². The molecule has 2 aromatic heterocycles. The minimum atomic E-state index is -0.244. The van der Waals surface area contributed by atoms with Gasteiger partial charge in [-0.05, 0) is 43.5 Å². The molecule has 0 fully saturated rings. The molecule has 1 atom stereocenters. The SMILES string of the molecule is Cn1ncc(Br)c1C(N)c1cncc(Br)c1. The molecule has 2 heterocycles. The Morgan fingerprint density at radius 2 is 2.06 bits per heavy atom. The highest BCUT2D eigenvalue weighted by Crippen LogP contribution is 2.26. The van der Waals surface area contributed by atoms with Crippen LogP contribution in [0.25, 0.3) is 0 Å². The predicted octanol–water partition coefficient (Wildman–Crippen LogP) is 2.39. The second kappa shape index (κ2) is 4.65. The lowest BCUT2D eigenvalue weighted by atomic mass is 10.1. The summed E-state index contributed by atoms with van der Waals surface area (Å²) in [6, 6.07) is 1.71. The molecule has 4 nitrogen and oxygen atoms in total. The number of pyridine rings is 1. The van der Waals surface area contributed by atoms with Gasteiger partial charge in [0.2, 0.25) is 0 Å². The zero-order chi connectivity index (χ0) is 11.7. The molecule has 2 N–H and O–H groups in total. The summed E-state index contributed by atoms with van der Waals surface area (Å²) in [6.07, 6.45) is 5.23. The quantitative estimate of drug-likeness (QED) is 0.909. The molecule has 2 rings (SSSR count). The van der Waals surface area contributed by atoms with Gasteiger partial charge in [-0.2, -0.15) is 5.10 Å². The van der Waals surface area contributed by atoms with Gasteiger partial charge in [0.1, 0.15) is 0 Å². The van der Waals surface area contributed by atoms with E-state index in [9.17, 15) is 0 Å². The molecule has 0 bridgehead atoms. The molecule has 16 heavy (non-hydrogen) atoms. The van der Waals surface area contributed by atoms with Crippen molar-refractivity contribution in [1.29, 1.82) is 0 Å². The number of nitrogens with two attached hydrogens (primary N) is 1. The van der Waals surface area contributed by atoms with Crippen LogP contribution in [-0.2, 0) is 7.05 Å². The van der Waals surface area contributed by atoms with Crippen molar-refractivity contribution in [2.24, 2.45) is 12.8 Å². The zero-order valence-corrected chi connectivity index (χ0v) is 11.7. The fraction of sp³-hybridized carbons (Fsp3) is 0.200. The van der Waals surface area contributed by atoms with Crippen molar-refractivity contribution < 1.29 is 0 Å². The lowest BCUT2D eigenvalue weighted by Gasteiger charge is -2.13. The second-order valence-electron chi connectivity index (χ2n) is 3.42. The van der Waals surface area contributed by atoms with Gasteiger partial charge in [-0.1, -0.05) is 0 Å². The number of aryl methyl sites for hydroxylation is 1. The Bertz CT molecular complexity index is 490. The van der Waals surface area contributed by atoms with E-state index in [0.29, 0.717) is 0 Å². The minimum Gasteiger partial charge on any atom is -0.319 e. The first-order chi connectivity index (χ1) is 7.59. The smallest absolute Gasteiger partial charge is 0.0750 e. The van der Waals surface area contributed by atoms with Crippen LogP contribution >= 0.6 is 31.9 Å². The van der Waals surface area contributed by atoms with Gasteiger partial charge in [0.25, 0.3) is 0 Å². The van der Waals surface area contributed by atoms with Crippen LogP contribution in [0.3, 0.4) is 0 Å². The van der Waals surface area contributed by atoms with E-state index in [0.717, 1.165) is 20.2 Å². The van der Waals surface area contributed by atoms with Crippen LogP contribution in [0.15, 0.2) is 33.6 Å². The van der Waals surface area contributed by atoms with E-state index >= 15 is 0 Å². The van der Waals surface area contributed by atoms with Crippen LogP contribution in [0.2, 0.25) is 0 Å². The third kappa shape index (κ3) is 2.18. The number of aromatic nitrogens is 3. The largest absolute Gasteiger partial charge is 0.319 e. The lowest BCUT2D eigenvalue weighted by Crippen LogP contribution is -2.16. The van der Waals surface area contributed by atoms with Crippen molar-refractivity contribution in [2.45, 2.75) is 6.04 Å². The van der Waals surface area contributed by atoms with Gasteiger partial charge in [0.05, 0.1) is 22.4 Å². The molecule has 0 aliphatic heterocycles. The topological polar surface area (TPSA) is 56.7 Å². The Hall–Kier alpha value is -0.720. The highest BCUT2D eigenvalue weighted by Gasteiger charge is 2.17. The monoisotopic (exact) mass is 344 g/mol. The van der Waals surface area contributed by atoms with Crippen molar-refractivity contribution >= 4 is 31.9 Å². The van der Waals surface area contributed by atoms with E-state index in [1.807, 2.05) is 13.1 Å². The van der Waals surface area contributed by atoms with E-state index in [2.05, 4.69) is 41.9 Å². The van der Waals surface area contributed by atoms with Gasteiger partial charge in [-0.25, -0.2) is 0 Å². The number of halogens is 2. The first-order valence-corrected chi connectivity index (χ1v) is 6.21. The van der Waals surface area contributed by atoms with Crippen molar-refractivity contribution in [3.05, 3.63) is 44.9 Å². The zero-order valence-electron chi connectivity index (χ0n) is 8.56. The van der Waals surface area contributed by atoms with Crippen molar-refractivity contribution in [3.63, 3.8) is 0 Å². The first kappa shape index (κ1) is 11.8. The average molecular weight is 346 g/mol. The summed E-state index contributed by atoms with van der Waals surface area (Å²) >= 11 is 6.82. The summed E-state index contributed by atoms with van der Waals surface area (Å²) in [5.74, 6) is 0. The highest BCUT2D eigenvalue weighted by atomic mass is 79.9. The lowest BCUT2D eigenvalue weighted by molar-refractivity contribution is 0.670. The number of hydrogen-bond acceptors (Lipinski definition) is 3. The molecule has 0 aromatic carbocycles. The maximum atomic E-state index is 6.18. The van der Waals surface area contributed by atoms with Crippen LogP contribution < -0.4 is 5.73 Å². The Morgan fingerprint density at radius 3 is 2.62 bits per heavy atom. The molecule has 1 unspecified atom stereocenters. The molecular weight excluding hydrogens is 336 g/mol. The van der Waals surface area contributed by atoms with Gasteiger partial charge < -0.3 is 5.73 Å². The molecule has 0 amide bonds. The van der Waals surface area contributed by atoms with E-state index in [1.165, 1.54) is 0 Å². The maximum Gasteiger partial charge on any atom is 0.0750 e. The van der Waals surface area contributed by atoms with Crippen molar-refractivity contribution in [3.8, 4) is 0 Å². The average Bonchev–Trinajstić information content (AvgIpc) is 2.58. The molecule has 0 saturated heterocycles. The summed E-state index contributed by atoms with van der Waals surface area (Å²) in [7, 11) is 1.87. The van der Waals surface area contributed by atoms with Crippen LogP contribution in [0.5, 0.6) is 0 Å². The Kier molecular flexibility index (Phi) is 3.41. The van der Waals surface area contributed by atoms with Crippen LogP contribution in [-0.4, -0.2) is 14.8 Å². The summed E-state index contributed by atoms with van der Waals surface area (Å²) in [6.45, 7) is 0. The van der Waals surface area contributed by atoms with Crippen LogP contribution in [0, 0.1) is 0 Å². The molecule has 0 radical (unpaired) electrons. The van der Waals surface area contributed by atoms with Gasteiger partial charge in [0, 0.05) is 23.9 Å². The standard InChI is InChI=1S/C10H10Br2N4/c1-16-10(8(12)5-15-16)9(13)6-2-7(11)4-14-3-6/h2-5,9H,13H2,1H3. The molecule has 0 saturated carbocycles. The minimum absolute atomic E-state index is 0.244. The third-order valence-corrected chi connectivity index (χ3v) is 3.36. The summed E-state index contributed by atoms with van der Waals surface area (Å²) < 4.78 is 3.58. The molecule has 0 aliphatic rings. The molecule has 2 aromatic rings. The van der Waals surface area contributed by atoms with E-state index < -0.39 is 0 Å². The van der Waals surface area contributed by atoms with E-state index in [4.69, 9.17) is 5.73 Å². The number of rotatable bonds is 2. The van der Waals surface area contributed by atoms with Crippen molar-refractivity contribution in [2.75, 3.05) is 0 Å². The fourth-order valence-electron chi connectivity index (χ4n) is 1.53. The summed E-state index contributed by atoms with van der Waals surface area (Å²) in [4.78, 5) is 4.10. The van der Waals surface area contributed by atoms with Crippen LogP contribution in [0.1, 0.15) is 17.3 Å². The van der Waals surface area contributed by atoms with Gasteiger partial charge in [-0.15, -0.1) is 0 Å². The normalized spacial score (nSPS) is 12.8. The fourth-order valence-corrected chi connectivity index (χ4v) is 2.50. The molecule has 0 spiro atoms. The molecule has 6 heteroatoms. The molecule has 0 aliphatic carbocycles. The first-order valence-electron chi connectivity index (χ1n) is 4.63. The number of hydrogen-bond donors (Lipinski definition) is 1. The Morgan fingerprint density at radius 1 is 1.31 bits per heavy atom. The second-order valence-corrected chi connectivity index (χ2v) is 5.19. The molecular formula is C10H10Br2N4. The highest BCUT2D eigenvalue weighted by molar-refractivity contribution is 9.10. The van der Waals surface area contributed by atoms with Gasteiger partial charge in [-0.3, -0.25) is 9.67 Å². The van der Waals surface area contributed by atoms with Gasteiger partial charge in [0.15, 0.2) is 0 Å². The maximum absolute atomic E-state index is 6.18. The van der Waals surface area contributed by atoms with E-state index in [1.54, 1.807) is 23.3 Å². The molecule has 84 valence electrons.